The lowest BCUT2D eigenvalue weighted by molar-refractivity contribution is -0.777. The zero-order valence-corrected chi connectivity index (χ0v) is 82.3. The van der Waals surface area contributed by atoms with E-state index in [-0.39, 0.29) is 80.6 Å². The maximum atomic E-state index is 13.1. The molecular weight excluding hydrogens is 1980 g/mol. The first kappa shape index (κ1) is 110. The number of alkyl halides is 6. The molecule has 4 unspecified atom stereocenters. The number of carbonyl (C=O) groups is 10. The van der Waals surface area contributed by atoms with E-state index in [2.05, 4.69) is 315 Å². The van der Waals surface area contributed by atoms with Crippen LogP contribution in [0.2, 0.25) is 0 Å². The first-order chi connectivity index (χ1) is 68.7. The maximum absolute atomic E-state index is 13.1. The number of rotatable bonds is 39. The van der Waals surface area contributed by atoms with Gasteiger partial charge < -0.3 is 49.3 Å². The van der Waals surface area contributed by atoms with E-state index in [1.807, 2.05) is 0 Å². The number of hydrogen-bond donors (Lipinski definition) is 1. The molecule has 12 aliphatic rings. The van der Waals surface area contributed by atoms with Crippen LogP contribution in [0.4, 0.5) is 26.3 Å². The average Bonchev–Trinajstić information content (AvgIpc) is 0.712. The number of ketones is 4. The summed E-state index contributed by atoms with van der Waals surface area (Å²) in [4.78, 5) is 129. The highest BCUT2D eigenvalue weighted by molar-refractivity contribution is 7.98. The van der Waals surface area contributed by atoms with Crippen molar-refractivity contribution in [2.24, 2.45) is 63.6 Å². The summed E-state index contributed by atoms with van der Waals surface area (Å²) in [5.74, 6) is -7.79. The van der Waals surface area contributed by atoms with Gasteiger partial charge in [-0.25, -0.2) is 14.4 Å². The summed E-state index contributed by atoms with van der Waals surface area (Å²) in [5, 5.41) is 34.6. The molecule has 0 saturated heterocycles. The van der Waals surface area contributed by atoms with Crippen molar-refractivity contribution >= 4 is 128 Å². The molecule has 12 bridgehead atoms. The molecule has 1 N–H and O–H groups in total. The van der Waals surface area contributed by atoms with Crippen LogP contribution in [-0.4, -0.2) is 125 Å². The highest BCUT2D eigenvalue weighted by atomic mass is 32.2. The number of ether oxygens (including phenoxy) is 6. The minimum atomic E-state index is -4.26. The van der Waals surface area contributed by atoms with E-state index in [0.29, 0.717) is 60.6 Å². The van der Waals surface area contributed by atoms with Crippen LogP contribution in [0.25, 0.3) is 0 Å². The van der Waals surface area contributed by atoms with Gasteiger partial charge in [0.1, 0.15) is 61.2 Å². The van der Waals surface area contributed by atoms with Crippen molar-refractivity contribution in [2.75, 3.05) is 39.6 Å². The zero-order valence-electron chi connectivity index (χ0n) is 77.4. The quantitative estimate of drug-likeness (QED) is 0.00546. The molecule has 9 aromatic carbocycles. The summed E-state index contributed by atoms with van der Waals surface area (Å²) in [6, 6.07) is 96.5. The summed E-state index contributed by atoms with van der Waals surface area (Å²) in [5.41, 5.74) is -1.22. The summed E-state index contributed by atoms with van der Waals surface area (Å²) in [7, 11) is -0.0439. The largest absolute Gasteiger partial charge is 0.691 e. The monoisotopic (exact) mass is 2090 g/mol. The van der Waals surface area contributed by atoms with Crippen molar-refractivity contribution in [3.63, 3.8) is 0 Å². The number of hydrogen-bond acceptors (Lipinski definition) is 29. The molecule has 0 radical (unpaired) electrons. The molecule has 760 valence electrons. The Morgan fingerprint density at radius 2 is 0.510 bits per heavy atom. The van der Waals surface area contributed by atoms with Crippen molar-refractivity contribution in [1.82, 2.24) is 0 Å². The SMILES string of the molecule is O=C(COC(=O)C(F)(F)SOO[O-])CC(=O)OCC12CC3CC(C1)C(=O)C(C3)C2.O=C(COC(=O)C(F)(F)SOO[O-])CC(=O)OCC12CC3CC(CC(C3)C1)C2.O=C(COC(=O)C(F)(F)SOO[O-])CC(=O)OCC12CC3CC(CC(O)(C3)C1)C2.c1ccc([S+](c2ccccc2)c2ccccc2)cc1.c1ccc([S+](c2ccccc2)c2ccccc2)cc1.c1ccc([S+](c2ccccc2)c2ccccc2)cc1. The molecule has 143 heavy (non-hydrogen) atoms. The maximum Gasteiger partial charge on any atom is 0.415 e. The Kier molecular flexibility index (Phi) is 40.1. The van der Waals surface area contributed by atoms with Crippen molar-refractivity contribution in [3.05, 3.63) is 273 Å². The minimum Gasteiger partial charge on any atom is -0.691 e. The van der Waals surface area contributed by atoms with E-state index in [1.165, 1.54) is 63.3 Å². The second-order valence-electron chi connectivity index (χ2n) is 37.2. The fourth-order valence-electron chi connectivity index (χ4n) is 21.8. The normalized spacial score (nSPS) is 23.1. The van der Waals surface area contributed by atoms with E-state index in [9.17, 15) is 95.2 Å². The van der Waals surface area contributed by atoms with E-state index in [4.69, 9.17) is 14.2 Å². The van der Waals surface area contributed by atoms with E-state index >= 15 is 0 Å². The van der Waals surface area contributed by atoms with Gasteiger partial charge in [0, 0.05) is 28.1 Å². The molecule has 9 aromatic rings. The molecule has 0 aromatic heterocycles. The molecular formula is C105H106F6O26S6. The molecule has 0 aliphatic heterocycles. The second kappa shape index (κ2) is 52.2. The lowest BCUT2D eigenvalue weighted by Gasteiger charge is -2.59. The molecule has 38 heteroatoms. The second-order valence-corrected chi connectivity index (χ2v) is 45.7. The number of Topliss-reactive ketones (excluding diaryl/α,β-unsaturated/α-hetero) is 4. The molecule has 0 spiro atoms. The fraction of sp³-hybridized carbons (Fsp3) is 0.390. The third-order valence-electron chi connectivity index (χ3n) is 26.2. The number of carbonyl (C=O) groups excluding carboxylic acids is 10. The Morgan fingerprint density at radius 1 is 0.301 bits per heavy atom. The van der Waals surface area contributed by atoms with Crippen LogP contribution < -0.4 is 15.8 Å². The molecule has 0 amide bonds. The molecule has 26 nitrogen and oxygen atoms in total. The third-order valence-corrected chi connectivity index (χ3v) is 34.4. The summed E-state index contributed by atoms with van der Waals surface area (Å²) in [6.45, 7) is -2.67. The van der Waals surface area contributed by atoms with Crippen LogP contribution in [-0.2, 0) is 137 Å². The van der Waals surface area contributed by atoms with Gasteiger partial charge in [0.25, 0.3) is 0 Å². The Labute approximate surface area is 843 Å². The summed E-state index contributed by atoms with van der Waals surface area (Å²) < 4.78 is 117. The lowest BCUT2D eigenvalue weighted by Crippen LogP contribution is -2.57. The Hall–Kier alpha value is -10.2. The first-order valence-corrected chi connectivity index (χ1v) is 52.2. The number of benzene rings is 9. The van der Waals surface area contributed by atoms with Gasteiger partial charge in [0.05, 0.1) is 58.1 Å². The molecule has 0 heterocycles. The molecule has 4 atom stereocenters. The van der Waals surface area contributed by atoms with Gasteiger partial charge in [-0.2, -0.15) is 39.3 Å². The number of esters is 6. The molecule has 12 aliphatic carbocycles. The third kappa shape index (κ3) is 31.9. The molecule has 12 saturated carbocycles. The van der Waals surface area contributed by atoms with Crippen LogP contribution in [0.1, 0.15) is 128 Å². The summed E-state index contributed by atoms with van der Waals surface area (Å²) >= 11 is -2.62. The predicted molar refractivity (Wildman–Crippen MR) is 507 cm³/mol. The van der Waals surface area contributed by atoms with Gasteiger partial charge >= 0.3 is 51.6 Å². The van der Waals surface area contributed by atoms with Gasteiger partial charge in [-0.1, -0.05) is 164 Å². The van der Waals surface area contributed by atoms with E-state index in [1.54, 1.807) is 0 Å². The number of halogens is 6. The van der Waals surface area contributed by atoms with E-state index in [0.717, 1.165) is 70.6 Å². The first-order valence-electron chi connectivity index (χ1n) is 46.3. The fourth-order valence-corrected chi connectivity index (χ4v) is 28.8. The van der Waals surface area contributed by atoms with Gasteiger partial charge in [-0.15, -0.1) is 0 Å². The summed E-state index contributed by atoms with van der Waals surface area (Å²) in [6.07, 6.45) is 13.7. The van der Waals surface area contributed by atoms with Crippen LogP contribution >= 0.6 is 36.1 Å². The minimum absolute atomic E-state index is 0.00282. The average molecular weight is 2090 g/mol. The van der Waals surface area contributed by atoms with Gasteiger partial charge in [0.15, 0.2) is 81.2 Å². The van der Waals surface area contributed by atoms with Crippen molar-refractivity contribution in [1.29, 1.82) is 0 Å². The van der Waals surface area contributed by atoms with Crippen LogP contribution in [0.3, 0.4) is 0 Å². The van der Waals surface area contributed by atoms with Crippen molar-refractivity contribution in [2.45, 2.75) is 194 Å². The Balaban J connectivity index is 0.000000145. The molecule has 12 fully saturated rings. The zero-order chi connectivity index (χ0) is 102. The number of aliphatic hydroxyl groups is 1. The van der Waals surface area contributed by atoms with Crippen LogP contribution in [0.15, 0.2) is 317 Å². The molecule has 21 rings (SSSR count). The van der Waals surface area contributed by atoms with E-state index < -0.39 is 150 Å². The predicted octanol–water partition coefficient (Wildman–Crippen LogP) is 17.8. The highest BCUT2D eigenvalue weighted by Gasteiger charge is 2.59. The Bertz CT molecular complexity index is 5030. The van der Waals surface area contributed by atoms with Crippen LogP contribution in [0.5, 0.6) is 0 Å². The topological polar surface area (TPSA) is 371 Å². The van der Waals surface area contributed by atoms with Crippen LogP contribution in [0, 0.1) is 63.6 Å². The lowest BCUT2D eigenvalue weighted by atomic mass is 9.48. The smallest absolute Gasteiger partial charge is 0.415 e. The standard InChI is InChI=1S/3C18H15S.C17H22F2O9S.C17H20F2O9S.C17H22F2O8S/c3*1-4-10-16(11-5-1)19(17-12-6-2-7-13-17)18-14-8-3-9-15-18;18-17(19,29-28-27-24)14(22)25-7-12(20)2-13(21)26-9-15-3-10-1-11(4-15)6-16(23,5-10)8-15;18-17(19,29-28-27-24)15(23)25-7-12(20)3-13(21)26-8-16-4-9-1-10(5-16)14(22)11(2-9)6-16;18-17(19,28-27-26-23)15(22)24-8-13(20)4-14(21)25-9-16-5-10-1-11(6-16)3-12(2-10)7-16/h3*1-15H;10-11,23-24H,1-9H2;9-11,24H,1-8H2;10-12,23H,1-9H2/q3*+1;;;/p-3. The van der Waals surface area contributed by atoms with Gasteiger partial charge in [-0.3, -0.25) is 48.7 Å². The van der Waals surface area contributed by atoms with Crippen molar-refractivity contribution in [3.8, 4) is 0 Å². The van der Waals surface area contributed by atoms with Crippen molar-refractivity contribution < 1.29 is 152 Å². The van der Waals surface area contributed by atoms with Gasteiger partial charge in [0.2, 0.25) is 0 Å². The van der Waals surface area contributed by atoms with Gasteiger partial charge in [-0.05, 0) is 254 Å². The Morgan fingerprint density at radius 3 is 0.741 bits per heavy atom. The highest BCUT2D eigenvalue weighted by Crippen LogP contribution is 2.63.